The van der Waals surface area contributed by atoms with Crippen molar-refractivity contribution in [1.82, 2.24) is 4.90 Å². The average molecular weight is 236 g/mol. The number of nitrogens with two attached hydrogens (primary N) is 1. The van der Waals surface area contributed by atoms with Crippen molar-refractivity contribution in [2.45, 2.75) is 19.4 Å². The highest BCUT2D eigenvalue weighted by atomic mass is 19.1. The van der Waals surface area contributed by atoms with E-state index in [9.17, 15) is 9.18 Å². The number of amides is 1. The third-order valence-electron chi connectivity index (χ3n) is 3.39. The number of rotatable bonds is 2. The number of hydrogen-bond acceptors (Lipinski definition) is 2. The molecule has 1 fully saturated rings. The van der Waals surface area contributed by atoms with Crippen molar-refractivity contribution in [2.24, 2.45) is 11.7 Å². The lowest BCUT2D eigenvalue weighted by Gasteiger charge is -2.27. The Hall–Kier alpha value is -1.42. The molecule has 0 bridgehead atoms. The summed E-state index contributed by atoms with van der Waals surface area (Å²) in [6.07, 6.45) is 0.937. The predicted molar refractivity (Wildman–Crippen MR) is 63.7 cm³/mol. The number of carbonyl (C=O) groups excluding carboxylic acids is 1. The van der Waals surface area contributed by atoms with Gasteiger partial charge < -0.3 is 10.6 Å². The maximum Gasteiger partial charge on any atom is 0.236 e. The molecule has 4 heteroatoms. The second kappa shape index (κ2) is 4.84. The molecule has 1 saturated heterocycles. The molecule has 1 aliphatic heterocycles. The summed E-state index contributed by atoms with van der Waals surface area (Å²) >= 11 is 0. The Morgan fingerprint density at radius 1 is 1.59 bits per heavy atom. The maximum atomic E-state index is 13.2. The first kappa shape index (κ1) is 12.0. The van der Waals surface area contributed by atoms with Crippen LogP contribution in [0.5, 0.6) is 0 Å². The topological polar surface area (TPSA) is 46.3 Å². The second-order valence-corrected chi connectivity index (χ2v) is 4.56. The van der Waals surface area contributed by atoms with Gasteiger partial charge in [0.1, 0.15) is 5.82 Å². The SMILES string of the molecule is C[C@@H]1CCN(C(=O)CN)[C@@H]1c1cccc(F)c1. The van der Waals surface area contributed by atoms with Crippen LogP contribution in [0.3, 0.4) is 0 Å². The molecule has 0 aromatic heterocycles. The Morgan fingerprint density at radius 3 is 3.00 bits per heavy atom. The Kier molecular flexibility index (Phi) is 3.43. The van der Waals surface area contributed by atoms with Crippen LogP contribution in [0.1, 0.15) is 24.9 Å². The van der Waals surface area contributed by atoms with E-state index in [1.807, 2.05) is 6.07 Å². The van der Waals surface area contributed by atoms with Crippen LogP contribution in [0.2, 0.25) is 0 Å². The van der Waals surface area contributed by atoms with E-state index in [1.165, 1.54) is 12.1 Å². The lowest BCUT2D eigenvalue weighted by Crippen LogP contribution is -2.36. The number of carbonyl (C=O) groups is 1. The highest BCUT2D eigenvalue weighted by Crippen LogP contribution is 2.36. The quantitative estimate of drug-likeness (QED) is 0.849. The van der Waals surface area contributed by atoms with Gasteiger partial charge >= 0.3 is 0 Å². The Morgan fingerprint density at radius 2 is 2.35 bits per heavy atom. The molecule has 17 heavy (non-hydrogen) atoms. The van der Waals surface area contributed by atoms with E-state index >= 15 is 0 Å². The third kappa shape index (κ3) is 2.31. The fourth-order valence-corrected chi connectivity index (χ4v) is 2.54. The van der Waals surface area contributed by atoms with E-state index in [2.05, 4.69) is 6.92 Å². The molecule has 1 aromatic rings. The summed E-state index contributed by atoms with van der Waals surface area (Å²) in [6.45, 7) is 2.80. The van der Waals surface area contributed by atoms with Crippen molar-refractivity contribution < 1.29 is 9.18 Å². The van der Waals surface area contributed by atoms with Crippen LogP contribution < -0.4 is 5.73 Å². The van der Waals surface area contributed by atoms with Gasteiger partial charge in [-0.3, -0.25) is 4.79 Å². The zero-order valence-electron chi connectivity index (χ0n) is 9.90. The number of likely N-dealkylation sites (tertiary alicyclic amines) is 1. The Labute approximate surface area is 100 Å². The largest absolute Gasteiger partial charge is 0.334 e. The van der Waals surface area contributed by atoms with Crippen LogP contribution in [-0.4, -0.2) is 23.9 Å². The molecule has 0 spiro atoms. The minimum absolute atomic E-state index is 0.0124. The van der Waals surface area contributed by atoms with E-state index in [-0.39, 0.29) is 24.3 Å². The molecule has 0 radical (unpaired) electrons. The van der Waals surface area contributed by atoms with Gasteiger partial charge in [0, 0.05) is 6.54 Å². The number of halogens is 1. The number of benzene rings is 1. The highest BCUT2D eigenvalue weighted by molar-refractivity contribution is 5.78. The van der Waals surface area contributed by atoms with Crippen LogP contribution in [0.15, 0.2) is 24.3 Å². The van der Waals surface area contributed by atoms with Crippen molar-refractivity contribution in [3.63, 3.8) is 0 Å². The summed E-state index contributed by atoms with van der Waals surface area (Å²) in [7, 11) is 0. The molecule has 0 saturated carbocycles. The van der Waals surface area contributed by atoms with Crippen molar-refractivity contribution in [3.05, 3.63) is 35.6 Å². The molecule has 92 valence electrons. The molecule has 2 rings (SSSR count). The molecule has 1 aromatic carbocycles. The normalized spacial score (nSPS) is 24.1. The molecule has 1 heterocycles. The molecule has 1 amide bonds. The Bertz CT molecular complexity index is 422. The second-order valence-electron chi connectivity index (χ2n) is 4.56. The average Bonchev–Trinajstić information content (AvgIpc) is 2.70. The molecule has 1 aliphatic rings. The summed E-state index contributed by atoms with van der Waals surface area (Å²) in [5.41, 5.74) is 6.26. The van der Waals surface area contributed by atoms with Gasteiger partial charge in [0.15, 0.2) is 0 Å². The van der Waals surface area contributed by atoms with E-state index in [1.54, 1.807) is 11.0 Å². The molecular formula is C13H17FN2O. The van der Waals surface area contributed by atoms with Crippen LogP contribution in [0, 0.1) is 11.7 Å². The van der Waals surface area contributed by atoms with Gasteiger partial charge in [0.2, 0.25) is 5.91 Å². The predicted octanol–water partition coefficient (Wildman–Crippen LogP) is 1.69. The lowest BCUT2D eigenvalue weighted by atomic mass is 9.95. The van der Waals surface area contributed by atoms with Gasteiger partial charge in [0.25, 0.3) is 0 Å². The van der Waals surface area contributed by atoms with Gasteiger partial charge in [-0.1, -0.05) is 19.1 Å². The van der Waals surface area contributed by atoms with Crippen molar-refractivity contribution in [1.29, 1.82) is 0 Å². The van der Waals surface area contributed by atoms with E-state index < -0.39 is 0 Å². The van der Waals surface area contributed by atoms with Crippen LogP contribution in [0.4, 0.5) is 4.39 Å². The molecular weight excluding hydrogens is 219 g/mol. The summed E-state index contributed by atoms with van der Waals surface area (Å²) in [5, 5.41) is 0. The van der Waals surface area contributed by atoms with Crippen molar-refractivity contribution in [3.8, 4) is 0 Å². The van der Waals surface area contributed by atoms with Gasteiger partial charge in [0.05, 0.1) is 12.6 Å². The van der Waals surface area contributed by atoms with Crippen molar-refractivity contribution in [2.75, 3.05) is 13.1 Å². The van der Waals surface area contributed by atoms with Crippen molar-refractivity contribution >= 4 is 5.91 Å². The first-order valence-corrected chi connectivity index (χ1v) is 5.88. The van der Waals surface area contributed by atoms with Crippen LogP contribution in [0.25, 0.3) is 0 Å². The minimum atomic E-state index is -0.262. The maximum absolute atomic E-state index is 13.2. The summed E-state index contributed by atoms with van der Waals surface area (Å²) in [5.74, 6) is 0.0117. The molecule has 3 nitrogen and oxygen atoms in total. The standard InChI is InChI=1S/C13H17FN2O/c1-9-5-6-16(12(17)8-15)13(9)10-3-2-4-11(14)7-10/h2-4,7,9,13H,5-6,8,15H2,1H3/t9-,13+/m1/s1. The zero-order valence-corrected chi connectivity index (χ0v) is 9.90. The highest BCUT2D eigenvalue weighted by Gasteiger charge is 2.34. The molecule has 0 unspecified atom stereocenters. The van der Waals surface area contributed by atoms with Gasteiger partial charge in [-0.05, 0) is 30.0 Å². The van der Waals surface area contributed by atoms with Gasteiger partial charge in [-0.25, -0.2) is 4.39 Å². The van der Waals surface area contributed by atoms with E-state index in [4.69, 9.17) is 5.73 Å². The first-order chi connectivity index (χ1) is 8.13. The smallest absolute Gasteiger partial charge is 0.236 e. The fourth-order valence-electron chi connectivity index (χ4n) is 2.54. The molecule has 0 aliphatic carbocycles. The van der Waals surface area contributed by atoms with Gasteiger partial charge in [-0.15, -0.1) is 0 Å². The number of hydrogen-bond donors (Lipinski definition) is 1. The monoisotopic (exact) mass is 236 g/mol. The van der Waals surface area contributed by atoms with Crippen LogP contribution in [-0.2, 0) is 4.79 Å². The Balaban J connectivity index is 2.30. The van der Waals surface area contributed by atoms with E-state index in [0.29, 0.717) is 12.5 Å². The number of nitrogens with zero attached hydrogens (tertiary/aromatic N) is 1. The molecule has 2 N–H and O–H groups in total. The summed E-state index contributed by atoms with van der Waals surface area (Å²) in [4.78, 5) is 13.5. The summed E-state index contributed by atoms with van der Waals surface area (Å²) < 4.78 is 13.2. The summed E-state index contributed by atoms with van der Waals surface area (Å²) in [6, 6.07) is 6.43. The molecule has 2 atom stereocenters. The first-order valence-electron chi connectivity index (χ1n) is 5.88. The van der Waals surface area contributed by atoms with Crippen LogP contribution >= 0.6 is 0 Å². The zero-order chi connectivity index (χ0) is 12.4. The fraction of sp³-hybridized carbons (Fsp3) is 0.462. The minimum Gasteiger partial charge on any atom is -0.334 e. The van der Waals surface area contributed by atoms with Gasteiger partial charge in [-0.2, -0.15) is 0 Å². The lowest BCUT2D eigenvalue weighted by molar-refractivity contribution is -0.130. The van der Waals surface area contributed by atoms with E-state index in [0.717, 1.165) is 12.0 Å². The third-order valence-corrected chi connectivity index (χ3v) is 3.39.